The van der Waals surface area contributed by atoms with Crippen molar-refractivity contribution < 1.29 is 13.6 Å². The lowest BCUT2D eigenvalue weighted by atomic mass is 9.73. The van der Waals surface area contributed by atoms with Crippen LogP contribution in [0, 0.1) is 24.5 Å². The van der Waals surface area contributed by atoms with E-state index in [0.29, 0.717) is 23.0 Å². The van der Waals surface area contributed by atoms with Crippen molar-refractivity contribution in [1.29, 1.82) is 0 Å². The fourth-order valence-corrected chi connectivity index (χ4v) is 6.01. The summed E-state index contributed by atoms with van der Waals surface area (Å²) in [5, 5.41) is 11.4. The standard InChI is InChI=1S/C27H28F2N7OP/c1-14-9-19(29)24(23(38)10-14)25-18(28)3-4-21(33-25)27(37)34-22-13-31-6-5-17(22)16-11-15(2)26(20(30)12-16)36-8-7-32-35-36/h3-10,13,15-16,20,26H,11-12,30,38H2,1-2H3,(H,34,37)/t15-,16+,20+,26-/m0/s1. The predicted octanol–water partition coefficient (Wildman–Crippen LogP) is 4.16. The highest BCUT2D eigenvalue weighted by molar-refractivity contribution is 7.28. The van der Waals surface area contributed by atoms with Gasteiger partial charge in [-0.05, 0) is 72.3 Å². The third-order valence-electron chi connectivity index (χ3n) is 7.10. The van der Waals surface area contributed by atoms with Crippen LogP contribution in [0.15, 0.2) is 55.1 Å². The molecule has 1 aliphatic carbocycles. The van der Waals surface area contributed by atoms with E-state index in [1.165, 1.54) is 12.1 Å². The summed E-state index contributed by atoms with van der Waals surface area (Å²) in [6.07, 6.45) is 8.24. The highest BCUT2D eigenvalue weighted by Gasteiger charge is 2.36. The van der Waals surface area contributed by atoms with Gasteiger partial charge < -0.3 is 11.1 Å². The topological polar surface area (TPSA) is 112 Å². The molecule has 0 aliphatic heterocycles. The Kier molecular flexibility index (Phi) is 7.27. The van der Waals surface area contributed by atoms with E-state index >= 15 is 0 Å². The number of nitrogens with two attached hydrogens (primary N) is 1. The number of nitrogens with zero attached hydrogens (tertiary/aromatic N) is 5. The van der Waals surface area contributed by atoms with E-state index in [4.69, 9.17) is 5.73 Å². The normalized spacial score (nSPS) is 21.3. The van der Waals surface area contributed by atoms with Crippen LogP contribution in [0.5, 0.6) is 0 Å². The summed E-state index contributed by atoms with van der Waals surface area (Å²) in [7, 11) is 2.40. The summed E-state index contributed by atoms with van der Waals surface area (Å²) in [5.74, 6) is -1.58. The van der Waals surface area contributed by atoms with Gasteiger partial charge in [0.05, 0.1) is 24.1 Å². The van der Waals surface area contributed by atoms with Crippen LogP contribution in [0.2, 0.25) is 0 Å². The van der Waals surface area contributed by atoms with Crippen molar-refractivity contribution in [2.24, 2.45) is 11.7 Å². The molecule has 1 amide bonds. The number of benzene rings is 1. The fourth-order valence-electron chi connectivity index (χ4n) is 5.48. The van der Waals surface area contributed by atoms with Gasteiger partial charge in [0.2, 0.25) is 0 Å². The summed E-state index contributed by atoms with van der Waals surface area (Å²) in [4.78, 5) is 21.6. The lowest BCUT2D eigenvalue weighted by Crippen LogP contribution is -2.42. The Bertz CT molecular complexity index is 1450. The highest BCUT2D eigenvalue weighted by atomic mass is 31.0. The van der Waals surface area contributed by atoms with Crippen molar-refractivity contribution in [2.45, 2.75) is 44.7 Å². The third-order valence-corrected chi connectivity index (χ3v) is 7.56. The summed E-state index contributed by atoms with van der Waals surface area (Å²) < 4.78 is 31.3. The molecular weight excluding hydrogens is 507 g/mol. The second-order valence-electron chi connectivity index (χ2n) is 9.84. The number of hydrogen-bond acceptors (Lipinski definition) is 6. The van der Waals surface area contributed by atoms with E-state index in [9.17, 15) is 13.6 Å². The molecule has 1 unspecified atom stereocenters. The summed E-state index contributed by atoms with van der Waals surface area (Å²) in [6, 6.07) is 7.16. The van der Waals surface area contributed by atoms with Gasteiger partial charge in [-0.15, -0.1) is 14.3 Å². The van der Waals surface area contributed by atoms with Crippen molar-refractivity contribution in [3.05, 3.63) is 83.6 Å². The number of halogens is 2. The Morgan fingerprint density at radius 2 is 1.97 bits per heavy atom. The van der Waals surface area contributed by atoms with Gasteiger partial charge in [-0.1, -0.05) is 18.2 Å². The largest absolute Gasteiger partial charge is 0.326 e. The first kappa shape index (κ1) is 26.0. The zero-order valence-electron chi connectivity index (χ0n) is 21.0. The first-order chi connectivity index (χ1) is 18.2. The molecule has 0 saturated heterocycles. The van der Waals surface area contributed by atoms with Gasteiger partial charge in [-0.2, -0.15) is 0 Å². The van der Waals surface area contributed by atoms with E-state index in [-0.39, 0.29) is 40.9 Å². The first-order valence-electron chi connectivity index (χ1n) is 12.3. The number of aromatic nitrogens is 5. The first-order valence-corrected chi connectivity index (χ1v) is 12.9. The van der Waals surface area contributed by atoms with Crippen LogP contribution in [0.25, 0.3) is 11.3 Å². The molecule has 4 aromatic rings. The number of pyridine rings is 2. The molecule has 1 saturated carbocycles. The van der Waals surface area contributed by atoms with Crippen LogP contribution in [0.3, 0.4) is 0 Å². The number of anilines is 1. The van der Waals surface area contributed by atoms with Crippen molar-refractivity contribution in [2.75, 3.05) is 5.32 Å². The number of hydrogen-bond donors (Lipinski definition) is 2. The van der Waals surface area contributed by atoms with Gasteiger partial charge in [0.15, 0.2) is 0 Å². The van der Waals surface area contributed by atoms with Crippen molar-refractivity contribution in [3.8, 4) is 11.3 Å². The lowest BCUT2D eigenvalue weighted by Gasteiger charge is -2.39. The Hall–Kier alpha value is -3.62. The molecule has 8 nitrogen and oxygen atoms in total. The summed E-state index contributed by atoms with van der Waals surface area (Å²) >= 11 is 0. The number of aryl methyl sites for hydroxylation is 1. The van der Waals surface area contributed by atoms with Crippen molar-refractivity contribution >= 4 is 26.1 Å². The third kappa shape index (κ3) is 5.06. The minimum atomic E-state index is -0.720. The van der Waals surface area contributed by atoms with Gasteiger partial charge in [-0.25, -0.2) is 18.4 Å². The molecule has 11 heteroatoms. The average Bonchev–Trinajstić information content (AvgIpc) is 3.39. The quantitative estimate of drug-likeness (QED) is 0.372. The Morgan fingerprint density at radius 3 is 2.68 bits per heavy atom. The Labute approximate surface area is 221 Å². The van der Waals surface area contributed by atoms with Gasteiger partial charge in [0, 0.05) is 24.0 Å². The van der Waals surface area contributed by atoms with Crippen LogP contribution in [0.4, 0.5) is 14.5 Å². The molecule has 3 aromatic heterocycles. The summed E-state index contributed by atoms with van der Waals surface area (Å²) in [5.41, 5.74) is 8.45. The fraction of sp³-hybridized carbons (Fsp3) is 0.296. The van der Waals surface area contributed by atoms with Crippen LogP contribution >= 0.6 is 9.24 Å². The average molecular weight is 536 g/mol. The minimum Gasteiger partial charge on any atom is -0.326 e. The molecule has 5 rings (SSSR count). The maximum Gasteiger partial charge on any atom is 0.274 e. The van der Waals surface area contributed by atoms with E-state index < -0.39 is 17.5 Å². The molecule has 0 bridgehead atoms. The number of carbonyl (C=O) groups is 1. The lowest BCUT2D eigenvalue weighted by molar-refractivity contribution is 0.102. The van der Waals surface area contributed by atoms with Crippen LogP contribution in [-0.2, 0) is 0 Å². The predicted molar refractivity (Wildman–Crippen MR) is 144 cm³/mol. The van der Waals surface area contributed by atoms with Crippen LogP contribution in [-0.4, -0.2) is 36.9 Å². The molecular formula is C27H28F2N7OP. The smallest absolute Gasteiger partial charge is 0.274 e. The van der Waals surface area contributed by atoms with Gasteiger partial charge in [-0.3, -0.25) is 9.78 Å². The van der Waals surface area contributed by atoms with E-state index in [0.717, 1.165) is 18.1 Å². The van der Waals surface area contributed by atoms with Crippen molar-refractivity contribution in [3.63, 3.8) is 0 Å². The van der Waals surface area contributed by atoms with Gasteiger partial charge in [0.1, 0.15) is 23.0 Å². The maximum absolute atomic E-state index is 14.7. The molecule has 3 heterocycles. The van der Waals surface area contributed by atoms with Crippen LogP contribution < -0.4 is 16.4 Å². The molecule has 0 radical (unpaired) electrons. The second kappa shape index (κ2) is 10.6. The summed E-state index contributed by atoms with van der Waals surface area (Å²) in [6.45, 7) is 3.88. The van der Waals surface area contributed by atoms with E-state index in [2.05, 4.69) is 41.8 Å². The minimum absolute atomic E-state index is 0.00179. The number of carbonyl (C=O) groups excluding carboxylic acids is 1. The molecule has 1 aromatic carbocycles. The second-order valence-corrected chi connectivity index (χ2v) is 10.5. The van der Waals surface area contributed by atoms with E-state index in [1.54, 1.807) is 31.6 Å². The molecule has 1 aliphatic rings. The Morgan fingerprint density at radius 1 is 1.16 bits per heavy atom. The molecule has 38 heavy (non-hydrogen) atoms. The molecule has 3 N–H and O–H groups in total. The van der Waals surface area contributed by atoms with Crippen molar-refractivity contribution in [1.82, 2.24) is 25.0 Å². The molecule has 1 fully saturated rings. The maximum atomic E-state index is 14.7. The van der Waals surface area contributed by atoms with E-state index in [1.807, 2.05) is 16.9 Å². The number of nitrogens with one attached hydrogen (secondary N) is 1. The molecule has 5 atom stereocenters. The zero-order valence-corrected chi connectivity index (χ0v) is 22.1. The van der Waals surface area contributed by atoms with Gasteiger partial charge >= 0.3 is 0 Å². The van der Waals surface area contributed by atoms with Gasteiger partial charge in [0.25, 0.3) is 5.91 Å². The highest BCUT2D eigenvalue weighted by Crippen LogP contribution is 2.42. The Balaban J connectivity index is 1.40. The van der Waals surface area contributed by atoms with Crippen LogP contribution in [0.1, 0.15) is 53.3 Å². The number of rotatable bonds is 5. The molecule has 196 valence electrons. The zero-order chi connectivity index (χ0) is 27.0. The SMILES string of the molecule is Cc1cc(F)c(-c2nc(C(=O)Nc3cnccc3[C@H]3C[C@@H](N)[C@@H](n4ccnn4)[C@@H](C)C3)ccc2F)c(P)c1. The number of amides is 1. The molecule has 0 spiro atoms. The monoisotopic (exact) mass is 535 g/mol.